The number of carboxylic acids is 2. The molecule has 1 unspecified atom stereocenters. The van der Waals surface area contributed by atoms with E-state index in [1.54, 1.807) is 0 Å². The molecule has 0 aromatic heterocycles. The molecule has 4 aliphatic heterocycles. The van der Waals surface area contributed by atoms with Crippen LogP contribution in [-0.2, 0) is 81.5 Å². The lowest BCUT2D eigenvalue weighted by atomic mass is 9.94. The van der Waals surface area contributed by atoms with Crippen LogP contribution in [0.25, 0.3) is 0 Å². The van der Waals surface area contributed by atoms with Gasteiger partial charge in [0.25, 0.3) is 0 Å². The number of hydrogen-bond acceptors (Lipinski definition) is 24. The predicted octanol–water partition coefficient (Wildman–Crippen LogP) is -8.47. The molecule has 0 spiro atoms. The Kier molecular flexibility index (Phi) is 16.3. The highest BCUT2D eigenvalue weighted by atomic mass is 32.3. The van der Waals surface area contributed by atoms with Crippen molar-refractivity contribution in [2.45, 2.75) is 124 Å². The molecule has 60 heavy (non-hydrogen) atoms. The third-order valence-electron chi connectivity index (χ3n) is 8.94. The number of carboxylic acid groups (broad SMARTS) is 2. The molecule has 0 radical (unpaired) electrons. The summed E-state index contributed by atoms with van der Waals surface area (Å²) in [6.07, 6.45) is -35.6. The molecular weight excluding hydrogens is 876 g/mol. The summed E-state index contributed by atoms with van der Waals surface area (Å²) in [7, 11) is -11.0. The number of aliphatic hydroxyl groups excluding tert-OH is 7. The highest BCUT2D eigenvalue weighted by Gasteiger charge is 2.58. The van der Waals surface area contributed by atoms with Gasteiger partial charge in [-0.25, -0.2) is 18.0 Å². The topological polar surface area (TPSA) is 466 Å². The second kappa shape index (κ2) is 19.8. The Morgan fingerprint density at radius 3 is 1.62 bits per heavy atom. The number of carbonyl (C=O) groups is 4. The summed E-state index contributed by atoms with van der Waals surface area (Å²) in [4.78, 5) is 48.7. The van der Waals surface area contributed by atoms with Gasteiger partial charge in [0.05, 0.1) is 13.2 Å². The van der Waals surface area contributed by atoms with E-state index in [9.17, 15) is 91.1 Å². The average Bonchev–Trinajstić information content (AvgIpc) is 3.12. The monoisotopic (exact) mass is 918 g/mol. The van der Waals surface area contributed by atoms with Crippen molar-refractivity contribution in [3.63, 3.8) is 0 Å². The SMILES string of the molecule is CC(=O)N[C@H]1[C@H](O[C@H]2[C@H](O)[C@@H](O)[C@H](O[C@H]3[C@@H](OS(=O)(=O)O)[C@@H](CO)OC(O)[C@@H]3NC(C)=O)O[C@H]2C(=O)O)O[C@H](CO)[C@H](OS(=O)(=O)O)[C@@H]1O[C@@H]1OC(C(=O)O)=C[C@H](O)[C@H]1O. The normalized spacial score (nSPS) is 40.1. The Labute approximate surface area is 336 Å². The van der Waals surface area contributed by atoms with Gasteiger partial charge in [0.1, 0.15) is 79.2 Å². The minimum atomic E-state index is -5.56. The second-order valence-electron chi connectivity index (χ2n) is 13.3. The van der Waals surface area contributed by atoms with Gasteiger partial charge in [-0.2, -0.15) is 16.8 Å². The van der Waals surface area contributed by atoms with Crippen LogP contribution in [0.15, 0.2) is 11.8 Å². The van der Waals surface area contributed by atoms with Crippen LogP contribution < -0.4 is 10.6 Å². The Morgan fingerprint density at radius 2 is 1.13 bits per heavy atom. The Morgan fingerprint density at radius 1 is 0.650 bits per heavy atom. The maximum absolute atomic E-state index is 12.6. The zero-order valence-electron chi connectivity index (χ0n) is 30.6. The first kappa shape index (κ1) is 49.3. The van der Waals surface area contributed by atoms with Crippen LogP contribution in [0.1, 0.15) is 13.8 Å². The number of hydrogen-bond donors (Lipinski definition) is 13. The molecule has 2 amide bonds. The molecule has 0 aromatic carbocycles. The summed E-state index contributed by atoms with van der Waals surface area (Å²) in [6.45, 7) is -0.683. The molecule has 4 rings (SSSR count). The first-order valence-electron chi connectivity index (χ1n) is 17.0. The van der Waals surface area contributed by atoms with Crippen molar-refractivity contribution in [2.24, 2.45) is 0 Å². The van der Waals surface area contributed by atoms with E-state index in [1.165, 1.54) is 0 Å². The molecule has 4 heterocycles. The number of aliphatic carboxylic acids is 2. The third-order valence-corrected chi connectivity index (χ3v) is 9.87. The molecule has 0 aliphatic carbocycles. The summed E-state index contributed by atoms with van der Waals surface area (Å²) in [6, 6.07) is -3.98. The zero-order chi connectivity index (χ0) is 45.2. The van der Waals surface area contributed by atoms with Gasteiger partial charge in [0.15, 0.2) is 25.0 Å². The van der Waals surface area contributed by atoms with Gasteiger partial charge in [-0.1, -0.05) is 0 Å². The molecule has 0 aromatic rings. The van der Waals surface area contributed by atoms with E-state index in [4.69, 9.17) is 33.2 Å². The second-order valence-corrected chi connectivity index (χ2v) is 15.3. The smallest absolute Gasteiger partial charge is 0.397 e. The molecule has 13 N–H and O–H groups in total. The molecule has 4 aliphatic rings. The Hall–Kier alpha value is -3.36. The van der Waals surface area contributed by atoms with Crippen LogP contribution in [0.4, 0.5) is 0 Å². The summed E-state index contributed by atoms with van der Waals surface area (Å²) in [5.74, 6) is -6.83. The number of nitrogens with one attached hydrogen (secondary N) is 2. The number of carbonyl (C=O) groups excluding carboxylic acids is 2. The van der Waals surface area contributed by atoms with Crippen molar-refractivity contribution in [2.75, 3.05) is 13.2 Å². The summed E-state index contributed by atoms with van der Waals surface area (Å²) in [5, 5.41) is 97.7. The van der Waals surface area contributed by atoms with Crippen molar-refractivity contribution in [3.8, 4) is 0 Å². The van der Waals surface area contributed by atoms with Crippen LogP contribution in [0.2, 0.25) is 0 Å². The fraction of sp³-hybridized carbons (Fsp3) is 0.786. The number of amides is 2. The van der Waals surface area contributed by atoms with Crippen molar-refractivity contribution in [1.82, 2.24) is 10.6 Å². The van der Waals surface area contributed by atoms with Crippen LogP contribution in [-0.4, -0.2) is 219 Å². The van der Waals surface area contributed by atoms with Gasteiger partial charge in [0.2, 0.25) is 23.9 Å². The number of rotatable bonds is 16. The molecule has 0 bridgehead atoms. The van der Waals surface area contributed by atoms with Gasteiger partial charge in [-0.15, -0.1) is 0 Å². The maximum Gasteiger partial charge on any atom is 0.397 e. The van der Waals surface area contributed by atoms with Crippen molar-refractivity contribution in [1.29, 1.82) is 0 Å². The zero-order valence-corrected chi connectivity index (χ0v) is 32.2. The Bertz CT molecular complexity index is 1820. The Balaban J connectivity index is 1.73. The van der Waals surface area contributed by atoms with E-state index in [1.807, 2.05) is 0 Å². The molecule has 0 saturated carbocycles. The van der Waals surface area contributed by atoms with E-state index in [-0.39, 0.29) is 0 Å². The van der Waals surface area contributed by atoms with Crippen LogP contribution in [0.5, 0.6) is 0 Å². The molecule has 18 atom stereocenters. The molecule has 344 valence electrons. The minimum Gasteiger partial charge on any atom is -0.479 e. The third kappa shape index (κ3) is 12.0. The van der Waals surface area contributed by atoms with E-state index >= 15 is 0 Å². The highest BCUT2D eigenvalue weighted by Crippen LogP contribution is 2.36. The first-order chi connectivity index (χ1) is 27.8. The van der Waals surface area contributed by atoms with Crippen LogP contribution in [0, 0.1) is 0 Å². The molecule has 3 saturated heterocycles. The molecule has 30 nitrogen and oxygen atoms in total. The van der Waals surface area contributed by atoms with Crippen molar-refractivity contribution >= 4 is 44.6 Å². The molecule has 3 fully saturated rings. The average molecular weight is 919 g/mol. The summed E-state index contributed by atoms with van der Waals surface area (Å²) < 4.78 is 113. The molecule has 32 heteroatoms. The van der Waals surface area contributed by atoms with Crippen LogP contribution >= 0.6 is 0 Å². The highest BCUT2D eigenvalue weighted by molar-refractivity contribution is 7.81. The lowest BCUT2D eigenvalue weighted by Crippen LogP contribution is -2.70. The van der Waals surface area contributed by atoms with Gasteiger partial charge in [0, 0.05) is 13.8 Å². The van der Waals surface area contributed by atoms with Crippen LogP contribution in [0.3, 0.4) is 0 Å². The standard InChI is InChI=1S/C28H42N2O28S2/c1-6(33)29-12-19(17(57-59(44,45)46)10(4-31)50-25(12)43)53-28-16(38)15(37)21(22(56-28)24(41)42)55-26-13(30-7(2)34)20(18(11(5-32)52-26)58-60(47,48)49)54-27-14(36)8(35)3-9(51-27)23(39)40/h3,8,10-22,25-28,31-32,35-38,43H,4-5H2,1-2H3,(H,29,33)(H,30,34)(H,39,40)(H,41,42)(H,44,45,46)(H,47,48,49)/t8-,10+,11+,12+,13+,14+,15+,16+,17-,18-,19+,20+,21-,22+,25?,26-,27-,28+/m0/s1. The maximum atomic E-state index is 12.6. The van der Waals surface area contributed by atoms with E-state index < -0.39 is 174 Å². The predicted molar refractivity (Wildman–Crippen MR) is 177 cm³/mol. The van der Waals surface area contributed by atoms with E-state index in [0.29, 0.717) is 6.08 Å². The summed E-state index contributed by atoms with van der Waals surface area (Å²) >= 11 is 0. The van der Waals surface area contributed by atoms with Gasteiger partial charge in [-0.05, 0) is 6.08 Å². The summed E-state index contributed by atoms with van der Waals surface area (Å²) in [5.41, 5.74) is 0. The fourth-order valence-corrected chi connectivity index (χ4v) is 7.52. The largest absolute Gasteiger partial charge is 0.479 e. The number of ether oxygens (including phenoxy) is 7. The van der Waals surface area contributed by atoms with Crippen molar-refractivity contribution in [3.05, 3.63) is 11.8 Å². The van der Waals surface area contributed by atoms with E-state index in [0.717, 1.165) is 13.8 Å². The van der Waals surface area contributed by atoms with Gasteiger partial charge >= 0.3 is 32.7 Å². The number of aliphatic hydroxyl groups is 7. The van der Waals surface area contributed by atoms with Crippen molar-refractivity contribution < 1.29 is 133 Å². The quantitative estimate of drug-likeness (QED) is 0.0639. The van der Waals surface area contributed by atoms with E-state index in [2.05, 4.69) is 19.0 Å². The lowest BCUT2D eigenvalue weighted by Gasteiger charge is -2.49. The molecular formula is C28H42N2O28S2. The fourth-order valence-electron chi connectivity index (χ4n) is 6.49. The lowest BCUT2D eigenvalue weighted by molar-refractivity contribution is -0.362. The first-order valence-corrected chi connectivity index (χ1v) is 19.7. The minimum absolute atomic E-state index is 0.548. The van der Waals surface area contributed by atoms with Gasteiger partial charge in [-0.3, -0.25) is 18.7 Å². The van der Waals surface area contributed by atoms with Gasteiger partial charge < -0.3 is 89.8 Å².